The van der Waals surface area contributed by atoms with Gasteiger partial charge in [0, 0.05) is 54.0 Å². The quantitative estimate of drug-likeness (QED) is 0.268. The summed E-state index contributed by atoms with van der Waals surface area (Å²) in [5.41, 5.74) is 4.75. The number of rotatable bonds is 8. The van der Waals surface area contributed by atoms with Crippen molar-refractivity contribution in [1.29, 1.82) is 0 Å². The molecule has 2 aromatic heterocycles. The lowest BCUT2D eigenvalue weighted by Gasteiger charge is -2.50. The molecule has 4 aromatic rings. The second-order valence-electron chi connectivity index (χ2n) is 10.3. The molecule has 1 fully saturated rings. The summed E-state index contributed by atoms with van der Waals surface area (Å²) >= 11 is 0. The number of imidazole rings is 1. The number of esters is 1. The van der Waals surface area contributed by atoms with Gasteiger partial charge in [-0.3, -0.25) is 9.69 Å². The van der Waals surface area contributed by atoms with Crippen LogP contribution in [0.4, 0.5) is 0 Å². The van der Waals surface area contributed by atoms with Crippen LogP contribution in [0.2, 0.25) is 0 Å². The van der Waals surface area contributed by atoms with E-state index in [0.29, 0.717) is 12.5 Å². The molecule has 0 bridgehead atoms. The van der Waals surface area contributed by atoms with Crippen molar-refractivity contribution in [1.82, 2.24) is 24.8 Å². The average Bonchev–Trinajstić information content (AvgIpc) is 3.62. The van der Waals surface area contributed by atoms with E-state index in [9.17, 15) is 4.79 Å². The maximum Gasteiger partial charge on any atom is 0.323 e. The number of methoxy groups -OCH3 is 2. The molecule has 2 aromatic carbocycles. The number of benzene rings is 2. The van der Waals surface area contributed by atoms with Crippen LogP contribution >= 0.6 is 0 Å². The molecule has 1 saturated heterocycles. The van der Waals surface area contributed by atoms with Crippen LogP contribution in [0.15, 0.2) is 67.3 Å². The fourth-order valence-electron chi connectivity index (χ4n) is 6.47. The van der Waals surface area contributed by atoms with Gasteiger partial charge >= 0.3 is 5.97 Å². The van der Waals surface area contributed by atoms with Crippen molar-refractivity contribution in [2.24, 2.45) is 0 Å². The maximum atomic E-state index is 13.3. The van der Waals surface area contributed by atoms with Crippen LogP contribution in [0, 0.1) is 0 Å². The molecule has 4 heterocycles. The van der Waals surface area contributed by atoms with E-state index in [2.05, 4.69) is 61.1 Å². The van der Waals surface area contributed by atoms with Crippen molar-refractivity contribution >= 4 is 16.9 Å². The second kappa shape index (κ2) is 10.6. The number of carbonyl (C=O) groups is 1. The summed E-state index contributed by atoms with van der Waals surface area (Å²) in [6, 6.07) is 16.7. The molecule has 38 heavy (non-hydrogen) atoms. The van der Waals surface area contributed by atoms with Gasteiger partial charge < -0.3 is 24.3 Å². The number of H-pyrrole nitrogens is 1. The first-order valence-electron chi connectivity index (χ1n) is 13.4. The fraction of sp³-hybridized carbons (Fsp3) is 0.400. The third-order valence-corrected chi connectivity index (χ3v) is 8.21. The van der Waals surface area contributed by atoms with E-state index >= 15 is 0 Å². The van der Waals surface area contributed by atoms with E-state index in [1.54, 1.807) is 7.11 Å². The van der Waals surface area contributed by atoms with Crippen LogP contribution in [0.25, 0.3) is 10.9 Å². The van der Waals surface area contributed by atoms with E-state index in [-0.39, 0.29) is 24.1 Å². The summed E-state index contributed by atoms with van der Waals surface area (Å²) in [7, 11) is 3.19. The Hall–Kier alpha value is -3.62. The molecular formula is C30H35N5O3. The number of aromatic nitrogens is 3. The number of nitrogens with zero attached hydrogens (tertiary/aromatic N) is 3. The van der Waals surface area contributed by atoms with E-state index in [4.69, 9.17) is 9.47 Å². The summed E-state index contributed by atoms with van der Waals surface area (Å²) in [5, 5.41) is 5.04. The third-order valence-electron chi connectivity index (χ3n) is 8.21. The number of piperidine rings is 1. The molecule has 6 rings (SSSR count). The van der Waals surface area contributed by atoms with Gasteiger partial charge in [-0.05, 0) is 55.1 Å². The number of hydrogen-bond donors (Lipinski definition) is 2. The minimum Gasteiger partial charge on any atom is -0.497 e. The normalized spacial score (nSPS) is 23.1. The highest BCUT2D eigenvalue weighted by molar-refractivity contribution is 5.87. The van der Waals surface area contributed by atoms with Crippen molar-refractivity contribution in [3.05, 3.63) is 84.1 Å². The van der Waals surface area contributed by atoms with E-state index < -0.39 is 0 Å². The highest BCUT2D eigenvalue weighted by Crippen LogP contribution is 2.49. The Kier molecular flexibility index (Phi) is 6.91. The number of ether oxygens (including phenoxy) is 2. The number of aromatic amines is 1. The van der Waals surface area contributed by atoms with Gasteiger partial charge in [0.1, 0.15) is 11.8 Å². The minimum absolute atomic E-state index is 0.0404. The van der Waals surface area contributed by atoms with Gasteiger partial charge in [0.2, 0.25) is 0 Å². The van der Waals surface area contributed by atoms with Crippen LogP contribution in [-0.4, -0.2) is 58.3 Å². The van der Waals surface area contributed by atoms with Gasteiger partial charge in [-0.2, -0.15) is 0 Å². The van der Waals surface area contributed by atoms with Gasteiger partial charge in [0.25, 0.3) is 0 Å². The number of nitrogens with one attached hydrogen (secondary N) is 2. The Bertz CT molecular complexity index is 1400. The molecule has 2 aliphatic rings. The van der Waals surface area contributed by atoms with Crippen molar-refractivity contribution in [2.75, 3.05) is 20.8 Å². The van der Waals surface area contributed by atoms with Crippen LogP contribution in [0.5, 0.6) is 5.75 Å². The van der Waals surface area contributed by atoms with Crippen LogP contribution in [-0.2, 0) is 22.5 Å². The predicted octanol–water partition coefficient (Wildman–Crippen LogP) is 4.40. The molecule has 198 valence electrons. The third kappa shape index (κ3) is 4.59. The summed E-state index contributed by atoms with van der Waals surface area (Å²) in [5.74, 6) is 0.651. The lowest BCUT2D eigenvalue weighted by atomic mass is 9.79. The Balaban J connectivity index is 1.36. The minimum atomic E-state index is -0.352. The number of fused-ring (bicyclic) bond motifs is 5. The second-order valence-corrected chi connectivity index (χ2v) is 10.3. The lowest BCUT2D eigenvalue weighted by Crippen LogP contribution is -2.55. The molecule has 0 radical (unpaired) electrons. The highest BCUT2D eigenvalue weighted by Gasteiger charge is 2.48. The monoisotopic (exact) mass is 513 g/mol. The SMILES string of the molecule is COC(=O)[C@@H]1Cc2c([nH]c3ccccc23)[C@H]2C[C@H](NCCCn3ccnc3)C[C@@H](c3cccc(OC)c3)N21. The van der Waals surface area contributed by atoms with Crippen LogP contribution < -0.4 is 10.1 Å². The molecule has 0 saturated carbocycles. The molecular weight excluding hydrogens is 478 g/mol. The zero-order chi connectivity index (χ0) is 26.1. The van der Waals surface area contributed by atoms with E-state index in [0.717, 1.165) is 49.2 Å². The largest absolute Gasteiger partial charge is 0.497 e. The predicted molar refractivity (Wildman–Crippen MR) is 146 cm³/mol. The Morgan fingerprint density at radius 2 is 2.00 bits per heavy atom. The van der Waals surface area contributed by atoms with Gasteiger partial charge in [-0.1, -0.05) is 30.3 Å². The fourth-order valence-corrected chi connectivity index (χ4v) is 6.47. The standard InChI is InChI=1S/C30H35N5O3/c1-37-22-8-5-7-20(15-22)26-16-21(32-11-6-13-34-14-12-31-19-34)17-27-29-24(18-28(35(26)27)30(36)38-2)23-9-3-4-10-25(23)33-29/h3-5,7-10,12,14-15,19,21,26-28,32-33H,6,11,13,16-18H2,1-2H3/t21-,26+,27-,28+/m1/s1. The summed E-state index contributed by atoms with van der Waals surface area (Å²) in [4.78, 5) is 23.6. The van der Waals surface area contributed by atoms with Gasteiger partial charge in [-0.25, -0.2) is 4.98 Å². The molecule has 0 unspecified atom stereocenters. The van der Waals surface area contributed by atoms with Gasteiger partial charge in [0.05, 0.1) is 26.6 Å². The van der Waals surface area contributed by atoms with Gasteiger partial charge in [-0.15, -0.1) is 0 Å². The lowest BCUT2D eigenvalue weighted by molar-refractivity contribution is -0.152. The highest BCUT2D eigenvalue weighted by atomic mass is 16.5. The Labute approximate surface area is 223 Å². The average molecular weight is 514 g/mol. The number of carbonyl (C=O) groups excluding carboxylic acids is 1. The van der Waals surface area contributed by atoms with E-state index in [1.807, 2.05) is 30.9 Å². The maximum absolute atomic E-state index is 13.3. The first-order valence-corrected chi connectivity index (χ1v) is 13.4. The summed E-state index contributed by atoms with van der Waals surface area (Å²) in [6.07, 6.45) is 9.16. The summed E-state index contributed by atoms with van der Waals surface area (Å²) < 4.78 is 13.1. The molecule has 0 spiro atoms. The topological polar surface area (TPSA) is 84.4 Å². The van der Waals surface area contributed by atoms with Crippen LogP contribution in [0.3, 0.4) is 0 Å². The van der Waals surface area contributed by atoms with Crippen molar-refractivity contribution in [3.63, 3.8) is 0 Å². The molecule has 4 atom stereocenters. The van der Waals surface area contributed by atoms with Gasteiger partial charge in [0.15, 0.2) is 0 Å². The molecule has 2 aliphatic heterocycles. The zero-order valence-electron chi connectivity index (χ0n) is 22.0. The molecule has 8 heteroatoms. The number of aryl methyl sites for hydroxylation is 1. The zero-order valence-corrected chi connectivity index (χ0v) is 22.0. The first kappa shape index (κ1) is 24.7. The number of para-hydroxylation sites is 1. The van der Waals surface area contributed by atoms with Crippen molar-refractivity contribution in [2.45, 2.75) is 56.4 Å². The number of hydrogen-bond acceptors (Lipinski definition) is 6. The molecule has 8 nitrogen and oxygen atoms in total. The van der Waals surface area contributed by atoms with Crippen molar-refractivity contribution in [3.8, 4) is 5.75 Å². The Morgan fingerprint density at radius 1 is 1.13 bits per heavy atom. The van der Waals surface area contributed by atoms with E-state index in [1.165, 1.54) is 23.8 Å². The first-order chi connectivity index (χ1) is 18.7. The van der Waals surface area contributed by atoms with Crippen LogP contribution in [0.1, 0.15) is 48.2 Å². The molecule has 0 amide bonds. The smallest absolute Gasteiger partial charge is 0.323 e. The molecule has 2 N–H and O–H groups in total. The van der Waals surface area contributed by atoms with Crippen molar-refractivity contribution < 1.29 is 14.3 Å². The molecule has 0 aliphatic carbocycles. The Morgan fingerprint density at radius 3 is 2.82 bits per heavy atom. The summed E-state index contributed by atoms with van der Waals surface area (Å²) in [6.45, 7) is 1.85.